The van der Waals surface area contributed by atoms with Crippen LogP contribution in [0.4, 0.5) is 9.52 Å². The van der Waals surface area contributed by atoms with Gasteiger partial charge in [0.05, 0.1) is 5.69 Å². The van der Waals surface area contributed by atoms with Gasteiger partial charge in [-0.3, -0.25) is 4.79 Å². The van der Waals surface area contributed by atoms with Gasteiger partial charge in [-0.25, -0.2) is 9.37 Å². The summed E-state index contributed by atoms with van der Waals surface area (Å²) in [6.07, 6.45) is 1.08. The molecule has 5 nitrogen and oxygen atoms in total. The lowest BCUT2D eigenvalue weighted by Gasteiger charge is -2.09. The number of aromatic nitrogens is 2. The lowest BCUT2D eigenvalue weighted by molar-refractivity contribution is -0.116. The van der Waals surface area contributed by atoms with E-state index in [1.165, 1.54) is 23.5 Å². The molecule has 0 saturated carbocycles. The van der Waals surface area contributed by atoms with Gasteiger partial charge in [0, 0.05) is 48.2 Å². The second-order valence-electron chi connectivity index (χ2n) is 6.28. The molecule has 0 aliphatic rings. The summed E-state index contributed by atoms with van der Waals surface area (Å²) < 4.78 is 20.2. The molecule has 1 N–H and O–H groups in total. The molecule has 7 heteroatoms. The Bertz CT molecular complexity index is 931. The normalized spacial score (nSPS) is 11.0. The second-order valence-corrected chi connectivity index (χ2v) is 7.14. The summed E-state index contributed by atoms with van der Waals surface area (Å²) in [5.41, 5.74) is 4.76. The molecule has 27 heavy (non-hydrogen) atoms. The maximum Gasteiger partial charge on any atom is 0.226 e. The number of hydrogen-bond donors (Lipinski definition) is 1. The van der Waals surface area contributed by atoms with Gasteiger partial charge < -0.3 is 14.6 Å². The Balaban J connectivity index is 1.80. The minimum atomic E-state index is -0.258. The number of anilines is 1. The minimum Gasteiger partial charge on any atom is -0.385 e. The monoisotopic (exact) mass is 387 g/mol. The fraction of sp³-hybridized carbons (Fsp3) is 0.300. The second kappa shape index (κ2) is 8.45. The van der Waals surface area contributed by atoms with E-state index in [2.05, 4.69) is 20.9 Å². The summed E-state index contributed by atoms with van der Waals surface area (Å²) >= 11 is 1.40. The Labute approximate surface area is 161 Å². The van der Waals surface area contributed by atoms with Gasteiger partial charge >= 0.3 is 0 Å². The van der Waals surface area contributed by atoms with Gasteiger partial charge in [0.25, 0.3) is 0 Å². The smallest absolute Gasteiger partial charge is 0.226 e. The summed E-state index contributed by atoms with van der Waals surface area (Å²) in [7, 11) is 1.62. The quantitative estimate of drug-likeness (QED) is 0.597. The molecule has 0 radical (unpaired) electrons. The van der Waals surface area contributed by atoms with Crippen LogP contribution in [0.25, 0.3) is 16.9 Å². The van der Waals surface area contributed by atoms with Gasteiger partial charge in [-0.2, -0.15) is 0 Å². The van der Waals surface area contributed by atoms with Crippen molar-refractivity contribution in [2.75, 3.05) is 19.0 Å². The molecule has 1 amide bonds. The fourth-order valence-electron chi connectivity index (χ4n) is 3.02. The highest BCUT2D eigenvalue weighted by atomic mass is 32.1. The van der Waals surface area contributed by atoms with Crippen LogP contribution in [-0.4, -0.2) is 29.2 Å². The maximum absolute atomic E-state index is 13.2. The molecule has 142 valence electrons. The SMILES string of the molecule is COCCCC(=O)Nc1nc(-c2cc(C)n(-c3ccc(F)cc3)c2C)cs1. The zero-order chi connectivity index (χ0) is 19.4. The highest BCUT2D eigenvalue weighted by molar-refractivity contribution is 7.14. The minimum absolute atomic E-state index is 0.0651. The molecule has 1 aromatic carbocycles. The number of aryl methyl sites for hydroxylation is 1. The lowest BCUT2D eigenvalue weighted by atomic mass is 10.2. The Morgan fingerprint density at radius 1 is 1.30 bits per heavy atom. The summed E-state index contributed by atoms with van der Waals surface area (Å²) in [5.74, 6) is -0.323. The number of thiazole rings is 1. The van der Waals surface area contributed by atoms with Crippen molar-refractivity contribution in [2.24, 2.45) is 0 Å². The number of halogens is 1. The van der Waals surface area contributed by atoms with Crippen LogP contribution in [0.15, 0.2) is 35.7 Å². The van der Waals surface area contributed by atoms with Gasteiger partial charge in [-0.05, 0) is 50.6 Å². The number of ether oxygens (including phenoxy) is 1. The maximum atomic E-state index is 13.2. The van der Waals surface area contributed by atoms with Crippen LogP contribution in [0, 0.1) is 19.7 Å². The van der Waals surface area contributed by atoms with Gasteiger partial charge in [0.15, 0.2) is 5.13 Å². The van der Waals surface area contributed by atoms with Crippen molar-refractivity contribution in [1.29, 1.82) is 0 Å². The standard InChI is InChI=1S/C20H22FN3O2S/c1-13-11-17(14(2)24(13)16-8-6-15(21)7-9-16)18-12-27-20(22-18)23-19(25)5-4-10-26-3/h6-9,11-12H,4-5,10H2,1-3H3,(H,22,23,25). The molecule has 0 unspecified atom stereocenters. The number of rotatable bonds is 7. The largest absolute Gasteiger partial charge is 0.385 e. The van der Waals surface area contributed by atoms with Crippen LogP contribution < -0.4 is 5.32 Å². The summed E-state index contributed by atoms with van der Waals surface area (Å²) in [6, 6.07) is 8.47. The number of amides is 1. The number of nitrogens with zero attached hydrogens (tertiary/aromatic N) is 2. The summed E-state index contributed by atoms with van der Waals surface area (Å²) in [4.78, 5) is 16.5. The van der Waals surface area contributed by atoms with Crippen LogP contribution in [0.1, 0.15) is 24.2 Å². The van der Waals surface area contributed by atoms with Crippen LogP contribution in [0.5, 0.6) is 0 Å². The van der Waals surface area contributed by atoms with E-state index in [0.29, 0.717) is 24.6 Å². The topological polar surface area (TPSA) is 56.1 Å². The van der Waals surface area contributed by atoms with Crippen molar-refractivity contribution in [2.45, 2.75) is 26.7 Å². The molecule has 0 atom stereocenters. The van der Waals surface area contributed by atoms with E-state index in [1.54, 1.807) is 19.2 Å². The van der Waals surface area contributed by atoms with E-state index in [1.807, 2.05) is 19.2 Å². The van der Waals surface area contributed by atoms with E-state index < -0.39 is 0 Å². The van der Waals surface area contributed by atoms with Crippen molar-refractivity contribution in [3.8, 4) is 16.9 Å². The number of benzene rings is 1. The van der Waals surface area contributed by atoms with Crippen molar-refractivity contribution in [3.05, 3.63) is 52.9 Å². The summed E-state index contributed by atoms with van der Waals surface area (Å²) in [5, 5.41) is 5.35. The predicted molar refractivity (Wildman–Crippen MR) is 106 cm³/mol. The molecular weight excluding hydrogens is 365 g/mol. The Kier molecular flexibility index (Phi) is 6.03. The van der Waals surface area contributed by atoms with Gasteiger partial charge in [0.1, 0.15) is 5.82 Å². The lowest BCUT2D eigenvalue weighted by Crippen LogP contribution is -2.11. The third-order valence-electron chi connectivity index (χ3n) is 4.29. The highest BCUT2D eigenvalue weighted by Crippen LogP contribution is 2.31. The molecule has 2 aromatic heterocycles. The third-order valence-corrected chi connectivity index (χ3v) is 5.05. The van der Waals surface area contributed by atoms with Crippen molar-refractivity contribution < 1.29 is 13.9 Å². The van der Waals surface area contributed by atoms with Crippen LogP contribution in [0.2, 0.25) is 0 Å². The number of methoxy groups -OCH3 is 1. The number of hydrogen-bond acceptors (Lipinski definition) is 4. The van der Waals surface area contributed by atoms with Crippen molar-refractivity contribution >= 4 is 22.4 Å². The summed E-state index contributed by atoms with van der Waals surface area (Å²) in [6.45, 7) is 4.57. The first-order valence-corrected chi connectivity index (χ1v) is 9.57. The molecule has 0 fully saturated rings. The fourth-order valence-corrected chi connectivity index (χ4v) is 3.75. The van der Waals surface area contributed by atoms with Gasteiger partial charge in [-0.1, -0.05) is 0 Å². The average molecular weight is 387 g/mol. The van der Waals surface area contributed by atoms with E-state index in [9.17, 15) is 9.18 Å². The van der Waals surface area contributed by atoms with E-state index in [4.69, 9.17) is 4.74 Å². The van der Waals surface area contributed by atoms with E-state index in [-0.39, 0.29) is 11.7 Å². The van der Waals surface area contributed by atoms with E-state index in [0.717, 1.165) is 28.3 Å². The third kappa shape index (κ3) is 4.43. The Hall–Kier alpha value is -2.51. The first kappa shape index (κ1) is 19.3. The Morgan fingerprint density at radius 2 is 2.04 bits per heavy atom. The van der Waals surface area contributed by atoms with Crippen LogP contribution in [0.3, 0.4) is 0 Å². The Morgan fingerprint density at radius 3 is 2.74 bits per heavy atom. The van der Waals surface area contributed by atoms with Crippen molar-refractivity contribution in [1.82, 2.24) is 9.55 Å². The molecular formula is C20H22FN3O2S. The van der Waals surface area contributed by atoms with Crippen LogP contribution in [-0.2, 0) is 9.53 Å². The number of carbonyl (C=O) groups is 1. The average Bonchev–Trinajstić information content (AvgIpc) is 3.20. The molecule has 0 aliphatic heterocycles. The molecule has 0 aliphatic carbocycles. The number of carbonyl (C=O) groups excluding carboxylic acids is 1. The van der Waals surface area contributed by atoms with Gasteiger partial charge in [0.2, 0.25) is 5.91 Å². The molecule has 3 aromatic rings. The zero-order valence-corrected chi connectivity index (χ0v) is 16.4. The molecule has 2 heterocycles. The molecule has 0 spiro atoms. The highest BCUT2D eigenvalue weighted by Gasteiger charge is 2.15. The molecule has 0 saturated heterocycles. The first-order chi connectivity index (χ1) is 13.0. The molecule has 0 bridgehead atoms. The first-order valence-electron chi connectivity index (χ1n) is 8.69. The predicted octanol–water partition coefficient (Wildman–Crippen LogP) is 4.72. The number of nitrogens with one attached hydrogen (secondary N) is 1. The van der Waals surface area contributed by atoms with Crippen LogP contribution >= 0.6 is 11.3 Å². The van der Waals surface area contributed by atoms with Gasteiger partial charge in [-0.15, -0.1) is 11.3 Å². The van der Waals surface area contributed by atoms with Crippen molar-refractivity contribution in [3.63, 3.8) is 0 Å². The zero-order valence-electron chi connectivity index (χ0n) is 15.6. The van der Waals surface area contributed by atoms with E-state index >= 15 is 0 Å². The molecule has 3 rings (SSSR count).